The normalized spacial score (nSPS) is 18.1. The number of anilines is 1. The maximum absolute atomic E-state index is 14.0. The highest BCUT2D eigenvalue weighted by Crippen LogP contribution is 2.38. The van der Waals surface area contributed by atoms with E-state index >= 15 is 0 Å². The van der Waals surface area contributed by atoms with E-state index in [4.69, 9.17) is 14.2 Å². The Bertz CT molecular complexity index is 2220. The lowest BCUT2D eigenvalue weighted by atomic mass is 10.1. The number of nitro groups is 1. The number of aromatic nitrogens is 4. The fourth-order valence-corrected chi connectivity index (χ4v) is 6.06. The maximum atomic E-state index is 14.0. The second kappa shape index (κ2) is 15.3. The van der Waals surface area contributed by atoms with E-state index in [-0.39, 0.29) is 51.5 Å². The van der Waals surface area contributed by atoms with E-state index in [1.54, 1.807) is 97.1 Å². The summed E-state index contributed by atoms with van der Waals surface area (Å²) in [5.41, 5.74) is 0.893. The van der Waals surface area contributed by atoms with Crippen molar-refractivity contribution in [1.29, 1.82) is 0 Å². The summed E-state index contributed by atoms with van der Waals surface area (Å²) in [5, 5.41) is 22.1. The molecule has 53 heavy (non-hydrogen) atoms. The van der Waals surface area contributed by atoms with E-state index in [1.165, 1.54) is 29.1 Å². The average Bonchev–Trinajstić information content (AvgIpc) is 3.79. The Hall–Kier alpha value is -6.68. The average molecular weight is 715 g/mol. The van der Waals surface area contributed by atoms with Gasteiger partial charge in [-0.25, -0.2) is 24.6 Å². The SMILES string of the molecule is O=C(O[C@@H]1[C@H](OCc2ccccc2[N+](=O)[O-])[C@@H](CO)O[C@H]1n1cnc2c(N(C(=O)c3ccccc3)C(=O)c3ccccc3)ncnc21)c1ccccc1. The third-order valence-electron chi connectivity index (χ3n) is 8.61. The molecule has 1 fully saturated rings. The van der Waals surface area contributed by atoms with Crippen molar-refractivity contribution in [3.8, 4) is 0 Å². The van der Waals surface area contributed by atoms with Gasteiger partial charge in [-0.2, -0.15) is 0 Å². The van der Waals surface area contributed by atoms with Gasteiger partial charge in [0, 0.05) is 17.2 Å². The number of benzene rings is 4. The zero-order valence-corrected chi connectivity index (χ0v) is 27.7. The number of nitrogens with zero attached hydrogens (tertiary/aromatic N) is 6. The first kappa shape index (κ1) is 34.8. The van der Waals surface area contributed by atoms with Crippen molar-refractivity contribution in [1.82, 2.24) is 19.5 Å². The molecule has 0 aliphatic carbocycles. The molecule has 4 atom stereocenters. The third kappa shape index (κ3) is 6.99. The van der Waals surface area contributed by atoms with Crippen LogP contribution in [0.15, 0.2) is 128 Å². The highest BCUT2D eigenvalue weighted by Gasteiger charge is 2.50. The summed E-state index contributed by atoms with van der Waals surface area (Å²) >= 11 is 0. The number of ether oxygens (including phenoxy) is 3. The quantitative estimate of drug-likeness (QED) is 0.0827. The van der Waals surface area contributed by atoms with Gasteiger partial charge in [0.05, 0.1) is 35.6 Å². The van der Waals surface area contributed by atoms with Crippen LogP contribution in [0.4, 0.5) is 11.5 Å². The van der Waals surface area contributed by atoms with Gasteiger partial charge in [0.1, 0.15) is 18.5 Å². The number of imide groups is 1. The molecule has 1 aliphatic heterocycles. The maximum Gasteiger partial charge on any atom is 0.338 e. The molecule has 0 unspecified atom stereocenters. The van der Waals surface area contributed by atoms with Crippen LogP contribution in [-0.4, -0.2) is 72.3 Å². The van der Waals surface area contributed by atoms with Crippen molar-refractivity contribution in [3.63, 3.8) is 0 Å². The molecule has 4 aromatic carbocycles. The van der Waals surface area contributed by atoms with E-state index in [0.717, 1.165) is 11.2 Å². The Labute approximate surface area is 301 Å². The van der Waals surface area contributed by atoms with Crippen LogP contribution in [0.2, 0.25) is 0 Å². The van der Waals surface area contributed by atoms with Gasteiger partial charge in [-0.05, 0) is 42.5 Å². The molecular weight excluding hydrogens is 684 g/mol. The molecule has 7 rings (SSSR count). The number of rotatable bonds is 11. The fourth-order valence-electron chi connectivity index (χ4n) is 6.06. The summed E-state index contributed by atoms with van der Waals surface area (Å²) in [4.78, 5) is 66.8. The van der Waals surface area contributed by atoms with Crippen LogP contribution < -0.4 is 4.90 Å². The van der Waals surface area contributed by atoms with Crippen LogP contribution in [-0.2, 0) is 20.8 Å². The van der Waals surface area contributed by atoms with E-state index in [1.807, 2.05) is 0 Å². The lowest BCUT2D eigenvalue weighted by Gasteiger charge is -2.25. The van der Waals surface area contributed by atoms with Crippen LogP contribution >= 0.6 is 0 Å². The van der Waals surface area contributed by atoms with Crippen molar-refractivity contribution in [2.75, 3.05) is 11.5 Å². The van der Waals surface area contributed by atoms with Crippen LogP contribution in [0.1, 0.15) is 42.9 Å². The molecule has 15 heteroatoms. The van der Waals surface area contributed by atoms with Crippen molar-refractivity contribution in [2.24, 2.45) is 0 Å². The monoisotopic (exact) mass is 714 g/mol. The van der Waals surface area contributed by atoms with Gasteiger partial charge < -0.3 is 19.3 Å². The van der Waals surface area contributed by atoms with Gasteiger partial charge in [0.25, 0.3) is 17.5 Å². The third-order valence-corrected chi connectivity index (χ3v) is 8.61. The molecule has 2 aromatic heterocycles. The van der Waals surface area contributed by atoms with Gasteiger partial charge in [0.2, 0.25) is 0 Å². The van der Waals surface area contributed by atoms with Crippen LogP contribution in [0.5, 0.6) is 0 Å². The largest absolute Gasteiger partial charge is 0.451 e. The van der Waals surface area contributed by atoms with E-state index in [0.29, 0.717) is 0 Å². The van der Waals surface area contributed by atoms with Crippen molar-refractivity contribution >= 4 is 40.5 Å². The molecule has 0 bridgehead atoms. The van der Waals surface area contributed by atoms with E-state index in [9.17, 15) is 29.6 Å². The van der Waals surface area contributed by atoms with Crippen molar-refractivity contribution in [2.45, 2.75) is 31.1 Å². The van der Waals surface area contributed by atoms with E-state index in [2.05, 4.69) is 15.0 Å². The molecule has 1 N–H and O–H groups in total. The molecule has 1 saturated heterocycles. The van der Waals surface area contributed by atoms with Crippen LogP contribution in [0, 0.1) is 10.1 Å². The number of esters is 1. The molecule has 1 aliphatic rings. The topological polar surface area (TPSA) is 189 Å². The first-order valence-corrected chi connectivity index (χ1v) is 16.4. The molecule has 15 nitrogen and oxygen atoms in total. The summed E-state index contributed by atoms with van der Waals surface area (Å²) in [5.74, 6) is -2.17. The fraction of sp³-hybridized carbons (Fsp3) is 0.158. The van der Waals surface area contributed by atoms with Gasteiger partial charge in [0.15, 0.2) is 29.3 Å². The number of carbonyl (C=O) groups excluding carboxylic acids is 3. The van der Waals surface area contributed by atoms with Gasteiger partial charge in [-0.1, -0.05) is 66.7 Å². The zero-order valence-electron chi connectivity index (χ0n) is 27.7. The lowest BCUT2D eigenvalue weighted by molar-refractivity contribution is -0.386. The van der Waals surface area contributed by atoms with E-state index < -0.39 is 53.9 Å². The number of nitro benzene ring substituents is 1. The number of amides is 2. The number of aliphatic hydroxyl groups is 1. The molecule has 2 amide bonds. The number of hydrogen-bond acceptors (Lipinski definition) is 12. The molecule has 266 valence electrons. The van der Waals surface area contributed by atoms with Crippen molar-refractivity contribution < 1.29 is 38.6 Å². The summed E-state index contributed by atoms with van der Waals surface area (Å²) < 4.78 is 19.9. The number of hydrogen-bond donors (Lipinski definition) is 1. The van der Waals surface area contributed by atoms with Crippen LogP contribution in [0.3, 0.4) is 0 Å². The number of fused-ring (bicyclic) bond motifs is 1. The summed E-state index contributed by atoms with van der Waals surface area (Å²) in [7, 11) is 0. The molecule has 0 radical (unpaired) electrons. The molecular formula is C38H30N6O9. The van der Waals surface area contributed by atoms with Gasteiger partial charge in [-0.3, -0.25) is 24.3 Å². The highest BCUT2D eigenvalue weighted by atomic mass is 16.6. The number of carbonyl (C=O) groups is 3. The van der Waals surface area contributed by atoms with Gasteiger partial charge in [-0.15, -0.1) is 0 Å². The first-order valence-electron chi connectivity index (χ1n) is 16.4. The Balaban J connectivity index is 1.29. The number of aliphatic hydroxyl groups excluding tert-OH is 1. The zero-order chi connectivity index (χ0) is 36.9. The summed E-state index contributed by atoms with van der Waals surface area (Å²) in [6, 6.07) is 30.7. The Morgan fingerprint density at radius 3 is 1.98 bits per heavy atom. The van der Waals surface area contributed by atoms with Crippen molar-refractivity contribution in [3.05, 3.63) is 160 Å². The lowest BCUT2D eigenvalue weighted by Crippen LogP contribution is -2.39. The number of imidazole rings is 1. The standard InChI is InChI=1S/C38H30N6O9/c45-20-29-31(51-21-27-18-10-11-19-28(27)44(49)50)32(53-38(48)26-16-8-3-9-17-26)37(52-29)42-23-41-30-33(42)39-22-40-34(30)43(35(46)24-12-4-1-5-13-24)36(47)25-14-6-2-7-15-25/h1-19,22-23,29,31-32,37,45H,20-21H2/t29-,31-,32-,37-/m1/s1. The molecule has 6 aromatic rings. The van der Waals surface area contributed by atoms with Crippen LogP contribution in [0.25, 0.3) is 11.2 Å². The Kier molecular flexibility index (Phi) is 10.0. The first-order chi connectivity index (χ1) is 25.9. The summed E-state index contributed by atoms with van der Waals surface area (Å²) in [6.45, 7) is -0.849. The molecule has 0 spiro atoms. The molecule has 3 heterocycles. The minimum absolute atomic E-state index is 0.0441. The predicted molar refractivity (Wildman–Crippen MR) is 188 cm³/mol. The minimum Gasteiger partial charge on any atom is -0.451 e. The Morgan fingerprint density at radius 1 is 0.792 bits per heavy atom. The highest BCUT2D eigenvalue weighted by molar-refractivity contribution is 6.27. The molecule has 0 saturated carbocycles. The second-order valence-electron chi connectivity index (χ2n) is 11.8. The minimum atomic E-state index is -1.26. The second-order valence-corrected chi connectivity index (χ2v) is 11.8. The van der Waals surface area contributed by atoms with Gasteiger partial charge >= 0.3 is 5.97 Å². The number of para-hydroxylation sites is 1. The predicted octanol–water partition coefficient (Wildman–Crippen LogP) is 4.92. The Morgan fingerprint density at radius 2 is 1.38 bits per heavy atom. The summed E-state index contributed by atoms with van der Waals surface area (Å²) in [6.07, 6.45) is -2.20. The smallest absolute Gasteiger partial charge is 0.338 e.